The second-order valence-corrected chi connectivity index (χ2v) is 4.13. The third-order valence-electron chi connectivity index (χ3n) is 2.48. The van der Waals surface area contributed by atoms with E-state index >= 15 is 0 Å². The van der Waals surface area contributed by atoms with E-state index in [-0.39, 0.29) is 5.88 Å². The lowest BCUT2D eigenvalue weighted by atomic mass is 10.3. The monoisotopic (exact) mass is 277 g/mol. The Morgan fingerprint density at radius 1 is 1.26 bits per heavy atom. The minimum Gasteiger partial charge on any atom is -0.477 e. The van der Waals surface area contributed by atoms with Gasteiger partial charge in [0.05, 0.1) is 18.6 Å². The Morgan fingerprint density at radius 2 is 1.95 bits per heavy atom. The summed E-state index contributed by atoms with van der Waals surface area (Å²) in [7, 11) is 1.70. The topological polar surface area (TPSA) is 47.0 Å². The van der Waals surface area contributed by atoms with Crippen LogP contribution >= 0.6 is 0 Å². The van der Waals surface area contributed by atoms with Crippen LogP contribution in [0.5, 0.6) is 5.88 Å². The zero-order valence-corrected chi connectivity index (χ0v) is 11.3. The number of alkyl halides is 3. The molecule has 1 aromatic heterocycles. The second kappa shape index (κ2) is 6.58. The number of aryl methyl sites for hydroxylation is 1. The van der Waals surface area contributed by atoms with Crippen molar-refractivity contribution in [1.82, 2.24) is 9.97 Å². The SMILES string of the molecule is CCCc1nc(NC)c(C)c(OCCC(F)(F)F)n1. The summed E-state index contributed by atoms with van der Waals surface area (Å²) in [5.41, 5.74) is 0.615. The number of nitrogens with zero attached hydrogens (tertiary/aromatic N) is 2. The van der Waals surface area contributed by atoms with Gasteiger partial charge in [-0.15, -0.1) is 0 Å². The molecule has 0 aliphatic carbocycles. The van der Waals surface area contributed by atoms with Crippen LogP contribution in [0.4, 0.5) is 19.0 Å². The molecule has 0 aliphatic heterocycles. The number of ether oxygens (including phenoxy) is 1. The predicted octanol–water partition coefficient (Wildman–Crippen LogP) is 3.11. The maximum absolute atomic E-state index is 12.1. The Balaban J connectivity index is 2.83. The smallest absolute Gasteiger partial charge is 0.392 e. The van der Waals surface area contributed by atoms with Crippen molar-refractivity contribution in [2.45, 2.75) is 39.3 Å². The standard InChI is InChI=1S/C12H18F3N3O/c1-4-5-9-17-10(16-3)8(2)11(18-9)19-7-6-12(13,14)15/h4-7H2,1-3H3,(H,16,17,18). The van der Waals surface area contributed by atoms with Gasteiger partial charge < -0.3 is 10.1 Å². The Bertz CT molecular complexity index is 421. The number of hydrogen-bond donors (Lipinski definition) is 1. The van der Waals surface area contributed by atoms with E-state index in [1.54, 1.807) is 14.0 Å². The van der Waals surface area contributed by atoms with Crippen LogP contribution in [0, 0.1) is 6.92 Å². The van der Waals surface area contributed by atoms with Crippen molar-refractivity contribution >= 4 is 5.82 Å². The first-order valence-electron chi connectivity index (χ1n) is 6.12. The number of rotatable bonds is 6. The van der Waals surface area contributed by atoms with Gasteiger partial charge in [-0.2, -0.15) is 18.2 Å². The zero-order valence-electron chi connectivity index (χ0n) is 11.3. The molecule has 4 nitrogen and oxygen atoms in total. The number of nitrogens with one attached hydrogen (secondary N) is 1. The molecule has 19 heavy (non-hydrogen) atoms. The number of halogens is 3. The van der Waals surface area contributed by atoms with Crippen LogP contribution in [-0.2, 0) is 6.42 Å². The predicted molar refractivity (Wildman–Crippen MR) is 66.5 cm³/mol. The molecule has 1 N–H and O–H groups in total. The van der Waals surface area contributed by atoms with Gasteiger partial charge in [-0.3, -0.25) is 0 Å². The van der Waals surface area contributed by atoms with Crippen molar-refractivity contribution in [3.05, 3.63) is 11.4 Å². The molecular weight excluding hydrogens is 259 g/mol. The van der Waals surface area contributed by atoms with E-state index in [4.69, 9.17) is 4.74 Å². The number of hydrogen-bond acceptors (Lipinski definition) is 4. The van der Waals surface area contributed by atoms with Crippen molar-refractivity contribution in [3.63, 3.8) is 0 Å². The van der Waals surface area contributed by atoms with Gasteiger partial charge in [0.25, 0.3) is 0 Å². The van der Waals surface area contributed by atoms with Gasteiger partial charge in [-0.1, -0.05) is 6.92 Å². The van der Waals surface area contributed by atoms with Crippen LogP contribution in [0.3, 0.4) is 0 Å². The summed E-state index contributed by atoms with van der Waals surface area (Å²) in [5, 5.41) is 2.89. The van der Waals surface area contributed by atoms with Crippen LogP contribution in [0.15, 0.2) is 0 Å². The van der Waals surface area contributed by atoms with Gasteiger partial charge in [-0.25, -0.2) is 4.98 Å². The summed E-state index contributed by atoms with van der Waals surface area (Å²) in [6.07, 6.45) is -3.70. The van der Waals surface area contributed by atoms with Gasteiger partial charge in [0.1, 0.15) is 11.6 Å². The molecule has 0 saturated carbocycles. The molecule has 0 radical (unpaired) electrons. The Hall–Kier alpha value is -1.53. The molecule has 0 atom stereocenters. The van der Waals surface area contributed by atoms with Crippen molar-refractivity contribution in [2.75, 3.05) is 19.0 Å². The lowest BCUT2D eigenvalue weighted by molar-refractivity contribution is -0.139. The third kappa shape index (κ3) is 4.92. The van der Waals surface area contributed by atoms with E-state index in [1.165, 1.54) is 0 Å². The van der Waals surface area contributed by atoms with Crippen molar-refractivity contribution in [1.29, 1.82) is 0 Å². The molecule has 0 saturated heterocycles. The first-order chi connectivity index (χ1) is 8.87. The van der Waals surface area contributed by atoms with Crippen LogP contribution in [0.25, 0.3) is 0 Å². The van der Waals surface area contributed by atoms with Crippen molar-refractivity contribution < 1.29 is 17.9 Å². The van der Waals surface area contributed by atoms with Gasteiger partial charge in [0.15, 0.2) is 0 Å². The van der Waals surface area contributed by atoms with E-state index in [9.17, 15) is 13.2 Å². The summed E-state index contributed by atoms with van der Waals surface area (Å²) >= 11 is 0. The van der Waals surface area contributed by atoms with E-state index in [2.05, 4.69) is 15.3 Å². The van der Waals surface area contributed by atoms with Crippen LogP contribution in [-0.4, -0.2) is 29.8 Å². The Kier molecular flexibility index (Phi) is 5.38. The molecule has 0 bridgehead atoms. The molecule has 108 valence electrons. The minimum absolute atomic E-state index is 0.215. The number of anilines is 1. The molecule has 0 aromatic carbocycles. The summed E-state index contributed by atoms with van der Waals surface area (Å²) < 4.78 is 41.4. The van der Waals surface area contributed by atoms with Crippen LogP contribution in [0.2, 0.25) is 0 Å². The second-order valence-electron chi connectivity index (χ2n) is 4.13. The molecule has 0 fully saturated rings. The molecule has 1 heterocycles. The molecule has 7 heteroatoms. The average molecular weight is 277 g/mol. The average Bonchev–Trinajstić information content (AvgIpc) is 2.31. The Labute approximate surface area is 110 Å². The van der Waals surface area contributed by atoms with Gasteiger partial charge in [0, 0.05) is 13.5 Å². The van der Waals surface area contributed by atoms with Gasteiger partial charge in [-0.05, 0) is 13.3 Å². The molecule has 0 spiro atoms. The first kappa shape index (κ1) is 15.5. The van der Waals surface area contributed by atoms with Crippen LogP contribution < -0.4 is 10.1 Å². The zero-order chi connectivity index (χ0) is 14.5. The van der Waals surface area contributed by atoms with Crippen molar-refractivity contribution in [2.24, 2.45) is 0 Å². The summed E-state index contributed by atoms with van der Waals surface area (Å²) in [6.45, 7) is 3.26. The third-order valence-corrected chi connectivity index (χ3v) is 2.48. The normalized spacial score (nSPS) is 11.5. The van der Waals surface area contributed by atoms with Gasteiger partial charge in [0.2, 0.25) is 5.88 Å². The minimum atomic E-state index is -4.22. The highest BCUT2D eigenvalue weighted by Crippen LogP contribution is 2.24. The maximum Gasteiger partial charge on any atom is 0.392 e. The molecule has 1 rings (SSSR count). The highest BCUT2D eigenvalue weighted by atomic mass is 19.4. The summed E-state index contributed by atoms with van der Waals surface area (Å²) in [5.74, 6) is 1.37. The highest BCUT2D eigenvalue weighted by Gasteiger charge is 2.27. The van der Waals surface area contributed by atoms with Crippen LogP contribution in [0.1, 0.15) is 31.2 Å². The lowest BCUT2D eigenvalue weighted by Gasteiger charge is -2.13. The molecular formula is C12H18F3N3O. The molecule has 0 unspecified atom stereocenters. The fraction of sp³-hybridized carbons (Fsp3) is 0.667. The molecule has 0 amide bonds. The van der Waals surface area contributed by atoms with E-state index < -0.39 is 19.2 Å². The van der Waals surface area contributed by atoms with Crippen molar-refractivity contribution in [3.8, 4) is 5.88 Å². The summed E-state index contributed by atoms with van der Waals surface area (Å²) in [6, 6.07) is 0. The highest BCUT2D eigenvalue weighted by molar-refractivity contribution is 5.48. The largest absolute Gasteiger partial charge is 0.477 e. The van der Waals surface area contributed by atoms with E-state index in [1.807, 2.05) is 6.92 Å². The summed E-state index contributed by atoms with van der Waals surface area (Å²) in [4.78, 5) is 8.42. The fourth-order valence-corrected chi connectivity index (χ4v) is 1.52. The lowest BCUT2D eigenvalue weighted by Crippen LogP contribution is -2.15. The van der Waals surface area contributed by atoms with E-state index in [0.717, 1.165) is 6.42 Å². The quantitative estimate of drug-likeness (QED) is 0.868. The first-order valence-corrected chi connectivity index (χ1v) is 6.12. The number of aromatic nitrogens is 2. The Morgan fingerprint density at radius 3 is 2.47 bits per heavy atom. The fourth-order valence-electron chi connectivity index (χ4n) is 1.52. The maximum atomic E-state index is 12.1. The molecule has 1 aromatic rings. The van der Waals surface area contributed by atoms with E-state index in [0.29, 0.717) is 23.6 Å². The molecule has 0 aliphatic rings. The van der Waals surface area contributed by atoms with Gasteiger partial charge >= 0.3 is 6.18 Å².